The summed E-state index contributed by atoms with van der Waals surface area (Å²) in [5, 5.41) is 0.444. The predicted molar refractivity (Wildman–Crippen MR) is 132 cm³/mol. The predicted octanol–water partition coefficient (Wildman–Crippen LogP) is 5.67. The van der Waals surface area contributed by atoms with Gasteiger partial charge in [0.1, 0.15) is 0 Å². The second-order valence-corrected chi connectivity index (χ2v) is 10.1. The number of rotatable bonds is 3. The Morgan fingerprint density at radius 2 is 1.15 bits per heavy atom. The van der Waals surface area contributed by atoms with Crippen molar-refractivity contribution in [2.45, 2.75) is 13.8 Å². The van der Waals surface area contributed by atoms with Gasteiger partial charge in [-0.3, -0.25) is 14.4 Å². The number of ketones is 1. The highest BCUT2D eigenvalue weighted by Crippen LogP contribution is 2.73. The Bertz CT molecular complexity index is 1330. The molecule has 5 heteroatoms. The normalized spacial score (nSPS) is 29.9. The molecule has 1 aliphatic heterocycles. The molecule has 6 rings (SSSR count). The van der Waals surface area contributed by atoms with Gasteiger partial charge in [0.15, 0.2) is 5.78 Å². The van der Waals surface area contributed by atoms with Crippen molar-refractivity contribution in [1.29, 1.82) is 0 Å². The molecule has 4 nitrogen and oxygen atoms in total. The first-order valence-electron chi connectivity index (χ1n) is 11.4. The Balaban J connectivity index is 1.63. The van der Waals surface area contributed by atoms with Crippen molar-refractivity contribution in [3.05, 3.63) is 101 Å². The fraction of sp³-hybridized carbons (Fsp3) is 0.207. The number of carbonyl (C=O) groups is 3. The molecule has 1 heterocycles. The van der Waals surface area contributed by atoms with Crippen LogP contribution in [0.2, 0.25) is 5.02 Å². The van der Waals surface area contributed by atoms with Crippen molar-refractivity contribution in [2.75, 3.05) is 4.90 Å². The lowest BCUT2D eigenvalue weighted by atomic mass is 9.63. The van der Waals surface area contributed by atoms with E-state index in [0.29, 0.717) is 10.7 Å². The molecule has 3 aromatic carbocycles. The lowest BCUT2D eigenvalue weighted by Gasteiger charge is -2.35. The summed E-state index contributed by atoms with van der Waals surface area (Å²) < 4.78 is 0. The second kappa shape index (κ2) is 7.00. The molecule has 2 aliphatic carbocycles. The minimum absolute atomic E-state index is 0.0554. The van der Waals surface area contributed by atoms with Gasteiger partial charge in [-0.25, -0.2) is 4.90 Å². The standard InChI is InChI=1S/C29H22ClNO3/c1-28-21(17-10-5-3-6-11-17)22(18-12-7-4-8-13-18)29(2,27(28)34)24-23(28)25(32)31(26(24)33)20-15-9-14-19(30)16-20/h3-16,23-24H,1-2H3/t23-,24-,28-,29+/m0/s1. The maximum Gasteiger partial charge on any atom is 0.239 e. The van der Waals surface area contributed by atoms with Gasteiger partial charge in [0.2, 0.25) is 11.8 Å². The lowest BCUT2D eigenvalue weighted by Crippen LogP contribution is -2.40. The molecule has 0 unspecified atom stereocenters. The minimum Gasteiger partial charge on any atom is -0.298 e. The average molecular weight is 468 g/mol. The van der Waals surface area contributed by atoms with Crippen molar-refractivity contribution in [1.82, 2.24) is 0 Å². The molecule has 0 radical (unpaired) electrons. The highest BCUT2D eigenvalue weighted by Gasteiger charge is 2.78. The number of hydrogen-bond acceptors (Lipinski definition) is 3. The number of anilines is 1. The maximum atomic E-state index is 14.2. The van der Waals surface area contributed by atoms with E-state index in [2.05, 4.69) is 0 Å². The molecule has 34 heavy (non-hydrogen) atoms. The van der Waals surface area contributed by atoms with Gasteiger partial charge in [-0.05, 0) is 54.3 Å². The Morgan fingerprint density at radius 1 is 0.676 bits per heavy atom. The summed E-state index contributed by atoms with van der Waals surface area (Å²) in [5.41, 5.74) is 1.71. The van der Waals surface area contributed by atoms with Crippen molar-refractivity contribution in [2.24, 2.45) is 22.7 Å². The van der Waals surface area contributed by atoms with E-state index >= 15 is 0 Å². The Morgan fingerprint density at radius 3 is 1.59 bits per heavy atom. The smallest absolute Gasteiger partial charge is 0.239 e. The highest BCUT2D eigenvalue weighted by atomic mass is 35.5. The number of hydrogen-bond donors (Lipinski definition) is 0. The van der Waals surface area contributed by atoms with Gasteiger partial charge in [-0.1, -0.05) is 78.3 Å². The van der Waals surface area contributed by atoms with Crippen LogP contribution < -0.4 is 4.90 Å². The van der Waals surface area contributed by atoms with Gasteiger partial charge in [0.25, 0.3) is 0 Å². The van der Waals surface area contributed by atoms with Crippen LogP contribution in [0.4, 0.5) is 5.69 Å². The SMILES string of the molecule is C[C@]12C(=O)[C@](C)(C(c3ccccc3)=C1c1ccccc1)[C@@H]1C(=O)N(c3cccc(Cl)c3)C(=O)[C@H]12. The number of fused-ring (bicyclic) bond motifs is 5. The number of amides is 2. The first kappa shape index (κ1) is 21.1. The van der Waals surface area contributed by atoms with Gasteiger partial charge in [0.05, 0.1) is 28.4 Å². The summed E-state index contributed by atoms with van der Waals surface area (Å²) in [6, 6.07) is 26.3. The molecule has 3 aliphatic rings. The molecule has 3 aromatic rings. The van der Waals surface area contributed by atoms with Gasteiger partial charge in [-0.15, -0.1) is 0 Å². The molecule has 1 saturated carbocycles. The van der Waals surface area contributed by atoms with Gasteiger partial charge < -0.3 is 0 Å². The van der Waals surface area contributed by atoms with Crippen LogP contribution in [0.1, 0.15) is 25.0 Å². The summed E-state index contributed by atoms with van der Waals surface area (Å²) in [5.74, 6) is -2.26. The molecule has 168 valence electrons. The van der Waals surface area contributed by atoms with E-state index in [1.165, 1.54) is 4.90 Å². The van der Waals surface area contributed by atoms with E-state index in [1.54, 1.807) is 24.3 Å². The number of imide groups is 1. The second-order valence-electron chi connectivity index (χ2n) is 9.66. The third-order valence-corrected chi connectivity index (χ3v) is 8.21. The van der Waals surface area contributed by atoms with E-state index in [-0.39, 0.29) is 17.6 Å². The third-order valence-electron chi connectivity index (χ3n) is 7.97. The zero-order valence-electron chi connectivity index (χ0n) is 18.8. The number of nitrogens with zero attached hydrogens (tertiary/aromatic N) is 1. The van der Waals surface area contributed by atoms with Gasteiger partial charge in [0, 0.05) is 5.02 Å². The van der Waals surface area contributed by atoms with Crippen LogP contribution in [-0.2, 0) is 14.4 Å². The van der Waals surface area contributed by atoms with E-state index in [1.807, 2.05) is 74.5 Å². The summed E-state index contributed by atoms with van der Waals surface area (Å²) in [6.45, 7) is 3.70. The number of allylic oxidation sites excluding steroid dienone is 2. The zero-order chi connectivity index (χ0) is 23.8. The molecule has 0 aromatic heterocycles. The minimum atomic E-state index is -1.12. The van der Waals surface area contributed by atoms with E-state index in [9.17, 15) is 14.4 Å². The van der Waals surface area contributed by atoms with Crippen LogP contribution in [0.3, 0.4) is 0 Å². The third kappa shape index (κ3) is 2.41. The highest BCUT2D eigenvalue weighted by molar-refractivity contribution is 6.35. The summed E-state index contributed by atoms with van der Waals surface area (Å²) in [7, 11) is 0. The van der Waals surface area contributed by atoms with Crippen LogP contribution in [-0.4, -0.2) is 17.6 Å². The molecule has 4 atom stereocenters. The molecule has 0 N–H and O–H groups in total. The zero-order valence-corrected chi connectivity index (χ0v) is 19.5. The fourth-order valence-electron chi connectivity index (χ4n) is 6.68. The largest absolute Gasteiger partial charge is 0.298 e. The number of Topliss-reactive ketones (excluding diaryl/α,β-unsaturated/α-hetero) is 1. The number of halogens is 1. The summed E-state index contributed by atoms with van der Waals surface area (Å²) in [6.07, 6.45) is 0. The van der Waals surface area contributed by atoms with Crippen LogP contribution in [0.25, 0.3) is 11.1 Å². The molecule has 2 bridgehead atoms. The maximum absolute atomic E-state index is 14.2. The van der Waals surface area contributed by atoms with E-state index in [4.69, 9.17) is 11.6 Å². The first-order valence-corrected chi connectivity index (χ1v) is 11.7. The van der Waals surface area contributed by atoms with Crippen LogP contribution >= 0.6 is 11.6 Å². The molecule has 2 amide bonds. The van der Waals surface area contributed by atoms with Crippen LogP contribution in [0.5, 0.6) is 0 Å². The van der Waals surface area contributed by atoms with E-state index < -0.39 is 22.7 Å². The molecular formula is C29H22ClNO3. The number of carbonyl (C=O) groups excluding carboxylic acids is 3. The van der Waals surface area contributed by atoms with Gasteiger partial charge >= 0.3 is 0 Å². The fourth-order valence-corrected chi connectivity index (χ4v) is 6.86. The average Bonchev–Trinajstić information content (AvgIpc) is 3.29. The van der Waals surface area contributed by atoms with Crippen molar-refractivity contribution >= 4 is 46.0 Å². The van der Waals surface area contributed by atoms with Crippen molar-refractivity contribution < 1.29 is 14.4 Å². The number of benzene rings is 3. The lowest BCUT2D eigenvalue weighted by molar-refractivity contribution is -0.133. The molecular weight excluding hydrogens is 446 g/mol. The quantitative estimate of drug-likeness (QED) is 0.466. The molecule has 0 spiro atoms. The van der Waals surface area contributed by atoms with Crippen LogP contribution in [0.15, 0.2) is 84.9 Å². The Labute approximate surface area is 202 Å². The van der Waals surface area contributed by atoms with Crippen molar-refractivity contribution in [3.8, 4) is 0 Å². The van der Waals surface area contributed by atoms with Crippen molar-refractivity contribution in [3.63, 3.8) is 0 Å². The van der Waals surface area contributed by atoms with E-state index in [0.717, 1.165) is 22.3 Å². The Kier molecular flexibility index (Phi) is 4.34. The topological polar surface area (TPSA) is 54.5 Å². The Hall–Kier alpha value is -3.50. The summed E-state index contributed by atoms with van der Waals surface area (Å²) in [4.78, 5) is 43.2. The first-order chi connectivity index (χ1) is 16.3. The summed E-state index contributed by atoms with van der Waals surface area (Å²) >= 11 is 6.18. The monoisotopic (exact) mass is 467 g/mol. The molecule has 1 saturated heterocycles. The van der Waals surface area contributed by atoms with Gasteiger partial charge in [-0.2, -0.15) is 0 Å². The van der Waals surface area contributed by atoms with Crippen LogP contribution in [0, 0.1) is 22.7 Å². The molecule has 2 fully saturated rings.